The Morgan fingerprint density at radius 2 is 1.83 bits per heavy atom. The molecule has 1 aliphatic rings. The summed E-state index contributed by atoms with van der Waals surface area (Å²) in [5.41, 5.74) is 1.76. The summed E-state index contributed by atoms with van der Waals surface area (Å²) in [5, 5.41) is 3.58. The molecule has 1 saturated heterocycles. The Morgan fingerprint density at radius 1 is 1.10 bits per heavy atom. The normalized spacial score (nSPS) is 15.3. The number of carbonyl (C=O) groups is 1. The number of fused-ring (bicyclic) bond motifs is 1. The van der Waals surface area contributed by atoms with E-state index in [4.69, 9.17) is 0 Å². The van der Waals surface area contributed by atoms with Crippen molar-refractivity contribution in [2.24, 2.45) is 0 Å². The molecule has 8 heteroatoms. The monoisotopic (exact) mass is 427 g/mol. The fourth-order valence-electron chi connectivity index (χ4n) is 3.21. The molecule has 0 unspecified atom stereocenters. The molecule has 1 N–H and O–H groups in total. The average molecular weight is 428 g/mol. The van der Waals surface area contributed by atoms with Crippen LogP contribution in [0.5, 0.6) is 0 Å². The molecule has 1 aliphatic heterocycles. The standard InChI is InChI=1S/C21H21N3O3S2/c25-20(11-12-21-23-18-5-1-2-6-19(18)28-21)22-15-16-7-9-17(10-8-16)29(26,27)24-13-3-4-14-24/h1-2,5-12H,3-4,13-15H2,(H,22,25)/b12-11+. The van der Waals surface area contributed by atoms with Crippen molar-refractivity contribution in [1.29, 1.82) is 0 Å². The SMILES string of the molecule is O=C(/C=C/c1nc2ccccc2s1)NCc1ccc(S(=O)(=O)N2CCCC2)cc1. The van der Waals surface area contributed by atoms with E-state index in [1.165, 1.54) is 21.7 Å². The lowest BCUT2D eigenvalue weighted by atomic mass is 10.2. The van der Waals surface area contributed by atoms with Crippen molar-refractivity contribution in [2.75, 3.05) is 13.1 Å². The third kappa shape index (κ3) is 4.55. The van der Waals surface area contributed by atoms with Gasteiger partial charge >= 0.3 is 0 Å². The maximum absolute atomic E-state index is 12.5. The van der Waals surface area contributed by atoms with Gasteiger partial charge in [-0.05, 0) is 48.7 Å². The van der Waals surface area contributed by atoms with Crippen LogP contribution in [-0.2, 0) is 21.4 Å². The number of para-hydroxylation sites is 1. The average Bonchev–Trinajstić information content (AvgIpc) is 3.41. The lowest BCUT2D eigenvalue weighted by Gasteiger charge is -2.15. The lowest BCUT2D eigenvalue weighted by molar-refractivity contribution is -0.116. The largest absolute Gasteiger partial charge is 0.348 e. The van der Waals surface area contributed by atoms with Gasteiger partial charge in [0.15, 0.2) is 0 Å². The Labute approximate surface area is 173 Å². The Kier molecular flexibility index (Phi) is 5.75. The van der Waals surface area contributed by atoms with Crippen molar-refractivity contribution in [1.82, 2.24) is 14.6 Å². The third-order valence-electron chi connectivity index (χ3n) is 4.78. The van der Waals surface area contributed by atoms with Gasteiger partial charge in [-0.1, -0.05) is 24.3 Å². The summed E-state index contributed by atoms with van der Waals surface area (Å²) in [5.74, 6) is -0.224. The molecular weight excluding hydrogens is 406 g/mol. The number of nitrogens with zero attached hydrogens (tertiary/aromatic N) is 2. The zero-order chi connectivity index (χ0) is 20.3. The molecule has 0 aliphatic carbocycles. The van der Waals surface area contributed by atoms with Crippen molar-refractivity contribution in [3.8, 4) is 0 Å². The number of thiazole rings is 1. The first-order chi connectivity index (χ1) is 14.0. The van der Waals surface area contributed by atoms with Crippen LogP contribution < -0.4 is 5.32 Å². The van der Waals surface area contributed by atoms with E-state index in [1.807, 2.05) is 24.3 Å². The Hall–Kier alpha value is -2.55. The zero-order valence-corrected chi connectivity index (χ0v) is 17.4. The quantitative estimate of drug-likeness (QED) is 0.612. The highest BCUT2D eigenvalue weighted by atomic mass is 32.2. The molecule has 2 heterocycles. The van der Waals surface area contributed by atoms with Crippen molar-refractivity contribution < 1.29 is 13.2 Å². The Morgan fingerprint density at radius 3 is 2.55 bits per heavy atom. The van der Waals surface area contributed by atoms with E-state index in [0.717, 1.165) is 33.6 Å². The van der Waals surface area contributed by atoms with Gasteiger partial charge in [-0.2, -0.15) is 4.31 Å². The van der Waals surface area contributed by atoms with Crippen LogP contribution in [-0.4, -0.2) is 36.7 Å². The molecule has 1 amide bonds. The molecule has 1 fully saturated rings. The van der Waals surface area contributed by atoms with E-state index >= 15 is 0 Å². The lowest BCUT2D eigenvalue weighted by Crippen LogP contribution is -2.27. The molecule has 0 saturated carbocycles. The zero-order valence-electron chi connectivity index (χ0n) is 15.7. The molecule has 2 aromatic carbocycles. The van der Waals surface area contributed by atoms with E-state index in [2.05, 4.69) is 10.3 Å². The molecule has 0 atom stereocenters. The van der Waals surface area contributed by atoms with Crippen molar-refractivity contribution >= 4 is 43.6 Å². The van der Waals surface area contributed by atoms with Gasteiger partial charge in [0.1, 0.15) is 5.01 Å². The summed E-state index contributed by atoms with van der Waals surface area (Å²) < 4.78 is 27.7. The number of nitrogens with one attached hydrogen (secondary N) is 1. The summed E-state index contributed by atoms with van der Waals surface area (Å²) in [7, 11) is -3.41. The summed E-state index contributed by atoms with van der Waals surface area (Å²) in [6.07, 6.45) is 4.98. The molecule has 0 radical (unpaired) electrons. The van der Waals surface area contributed by atoms with E-state index < -0.39 is 10.0 Å². The number of hydrogen-bond donors (Lipinski definition) is 1. The summed E-state index contributed by atoms with van der Waals surface area (Å²) in [6.45, 7) is 1.50. The predicted molar refractivity (Wildman–Crippen MR) is 115 cm³/mol. The van der Waals surface area contributed by atoms with Crippen LogP contribution in [0.3, 0.4) is 0 Å². The summed E-state index contributed by atoms with van der Waals surface area (Å²) in [4.78, 5) is 16.8. The minimum Gasteiger partial charge on any atom is -0.348 e. The van der Waals surface area contributed by atoms with Gasteiger partial charge in [0.2, 0.25) is 15.9 Å². The highest BCUT2D eigenvalue weighted by Gasteiger charge is 2.26. The van der Waals surface area contributed by atoms with Gasteiger partial charge in [-0.3, -0.25) is 4.79 Å². The number of aromatic nitrogens is 1. The van der Waals surface area contributed by atoms with Crippen LogP contribution in [0.2, 0.25) is 0 Å². The number of hydrogen-bond acceptors (Lipinski definition) is 5. The minimum atomic E-state index is -3.41. The van der Waals surface area contributed by atoms with Crippen LogP contribution in [0, 0.1) is 0 Å². The van der Waals surface area contributed by atoms with Crippen molar-refractivity contribution in [2.45, 2.75) is 24.3 Å². The second kappa shape index (κ2) is 8.44. The summed E-state index contributed by atoms with van der Waals surface area (Å²) >= 11 is 1.53. The van der Waals surface area contributed by atoms with Crippen LogP contribution in [0.15, 0.2) is 59.5 Å². The fourth-order valence-corrected chi connectivity index (χ4v) is 5.60. The second-order valence-electron chi connectivity index (χ2n) is 6.83. The predicted octanol–water partition coefficient (Wildman–Crippen LogP) is 3.41. The van der Waals surface area contributed by atoms with Crippen LogP contribution >= 0.6 is 11.3 Å². The second-order valence-corrected chi connectivity index (χ2v) is 9.83. The summed E-state index contributed by atoms with van der Waals surface area (Å²) in [6, 6.07) is 14.5. The van der Waals surface area contributed by atoms with E-state index in [1.54, 1.807) is 30.3 Å². The van der Waals surface area contributed by atoms with E-state index in [-0.39, 0.29) is 5.91 Å². The topological polar surface area (TPSA) is 79.4 Å². The third-order valence-corrected chi connectivity index (χ3v) is 7.70. The van der Waals surface area contributed by atoms with Gasteiger partial charge in [-0.15, -0.1) is 11.3 Å². The van der Waals surface area contributed by atoms with E-state index in [9.17, 15) is 13.2 Å². The first-order valence-electron chi connectivity index (χ1n) is 9.43. The van der Waals surface area contributed by atoms with Gasteiger partial charge < -0.3 is 5.32 Å². The molecule has 0 bridgehead atoms. The van der Waals surface area contributed by atoms with E-state index in [0.29, 0.717) is 24.5 Å². The molecule has 3 aromatic rings. The first kappa shape index (κ1) is 19.8. The van der Waals surface area contributed by atoms with Crippen molar-refractivity contribution in [3.05, 3.63) is 65.2 Å². The van der Waals surface area contributed by atoms with Crippen LogP contribution in [0.1, 0.15) is 23.4 Å². The molecular formula is C21H21N3O3S2. The molecule has 0 spiro atoms. The number of carbonyl (C=O) groups excluding carboxylic acids is 1. The van der Waals surface area contributed by atoms with Crippen LogP contribution in [0.25, 0.3) is 16.3 Å². The minimum absolute atomic E-state index is 0.224. The number of rotatable bonds is 6. The fraction of sp³-hybridized carbons (Fsp3) is 0.238. The highest BCUT2D eigenvalue weighted by Crippen LogP contribution is 2.23. The molecule has 4 rings (SSSR count). The maximum Gasteiger partial charge on any atom is 0.244 e. The molecule has 29 heavy (non-hydrogen) atoms. The Bertz CT molecular complexity index is 1110. The van der Waals surface area contributed by atoms with Gasteiger partial charge in [0, 0.05) is 25.7 Å². The smallest absolute Gasteiger partial charge is 0.244 e. The maximum atomic E-state index is 12.5. The Balaban J connectivity index is 1.34. The van der Waals surface area contributed by atoms with Crippen molar-refractivity contribution in [3.63, 3.8) is 0 Å². The highest BCUT2D eigenvalue weighted by molar-refractivity contribution is 7.89. The van der Waals surface area contributed by atoms with Gasteiger partial charge in [0.25, 0.3) is 0 Å². The number of sulfonamides is 1. The van der Waals surface area contributed by atoms with Crippen LogP contribution in [0.4, 0.5) is 0 Å². The number of benzene rings is 2. The number of amides is 1. The first-order valence-corrected chi connectivity index (χ1v) is 11.7. The molecule has 6 nitrogen and oxygen atoms in total. The molecule has 150 valence electrons. The molecule has 1 aromatic heterocycles. The van der Waals surface area contributed by atoms with Gasteiger partial charge in [0.05, 0.1) is 15.1 Å². The van der Waals surface area contributed by atoms with Gasteiger partial charge in [-0.25, -0.2) is 13.4 Å².